The highest BCUT2D eigenvalue weighted by molar-refractivity contribution is 5.77. The number of hydrogen-bond acceptors (Lipinski definition) is 3. The standard InChI is InChI=1S/C16H27N3O2/c1-3-4-10-18-16(17)19-11-5-12-21-13-14-6-8-15(20-2)9-7-14/h6-9H,3-5,10-13H2,1-2H3,(H3,17,18,19). The molecule has 5 nitrogen and oxygen atoms in total. The van der Waals surface area contributed by atoms with Crippen molar-refractivity contribution < 1.29 is 9.47 Å². The Morgan fingerprint density at radius 2 is 2.00 bits per heavy atom. The second kappa shape index (κ2) is 11.0. The summed E-state index contributed by atoms with van der Waals surface area (Å²) in [6.45, 7) is 5.01. The summed E-state index contributed by atoms with van der Waals surface area (Å²) in [4.78, 5) is 4.25. The zero-order chi connectivity index (χ0) is 15.3. The molecule has 0 unspecified atom stereocenters. The molecule has 21 heavy (non-hydrogen) atoms. The maximum Gasteiger partial charge on any atom is 0.188 e. The van der Waals surface area contributed by atoms with Crippen LogP contribution in [0.3, 0.4) is 0 Å². The summed E-state index contributed by atoms with van der Waals surface area (Å²) in [5.74, 6) is 1.39. The summed E-state index contributed by atoms with van der Waals surface area (Å²) in [5, 5.41) is 3.09. The number of nitrogens with zero attached hydrogens (tertiary/aromatic N) is 1. The molecule has 0 bridgehead atoms. The molecule has 3 N–H and O–H groups in total. The number of ether oxygens (including phenoxy) is 2. The van der Waals surface area contributed by atoms with Crippen molar-refractivity contribution in [3.05, 3.63) is 29.8 Å². The maximum atomic E-state index is 5.73. The third kappa shape index (κ3) is 8.19. The van der Waals surface area contributed by atoms with E-state index in [1.54, 1.807) is 7.11 Å². The van der Waals surface area contributed by atoms with Gasteiger partial charge in [0.05, 0.1) is 13.7 Å². The highest BCUT2D eigenvalue weighted by Gasteiger charge is 1.95. The van der Waals surface area contributed by atoms with Gasteiger partial charge >= 0.3 is 0 Å². The van der Waals surface area contributed by atoms with Gasteiger partial charge in [-0.05, 0) is 30.5 Å². The van der Waals surface area contributed by atoms with Crippen molar-refractivity contribution in [2.75, 3.05) is 26.8 Å². The molecule has 1 aromatic carbocycles. The van der Waals surface area contributed by atoms with Gasteiger partial charge in [-0.1, -0.05) is 25.5 Å². The molecule has 0 amide bonds. The van der Waals surface area contributed by atoms with Crippen molar-refractivity contribution in [3.63, 3.8) is 0 Å². The molecule has 1 rings (SSSR count). The summed E-state index contributed by atoms with van der Waals surface area (Å²) in [5.41, 5.74) is 6.87. The minimum absolute atomic E-state index is 0.526. The van der Waals surface area contributed by atoms with Crippen LogP contribution >= 0.6 is 0 Å². The molecule has 0 aromatic heterocycles. The van der Waals surface area contributed by atoms with Gasteiger partial charge < -0.3 is 20.5 Å². The quantitative estimate of drug-likeness (QED) is 0.394. The first-order chi connectivity index (χ1) is 10.3. The van der Waals surface area contributed by atoms with E-state index in [-0.39, 0.29) is 0 Å². The molecule has 0 spiro atoms. The average molecular weight is 293 g/mol. The van der Waals surface area contributed by atoms with Crippen LogP contribution in [-0.4, -0.2) is 32.8 Å². The van der Waals surface area contributed by atoms with E-state index in [9.17, 15) is 0 Å². The number of rotatable bonds is 10. The molecule has 118 valence electrons. The normalized spacial score (nSPS) is 11.4. The number of hydrogen-bond donors (Lipinski definition) is 2. The van der Waals surface area contributed by atoms with Crippen molar-refractivity contribution in [2.45, 2.75) is 32.8 Å². The molecule has 0 aliphatic carbocycles. The van der Waals surface area contributed by atoms with Crippen LogP contribution in [0.1, 0.15) is 31.7 Å². The van der Waals surface area contributed by atoms with Crippen LogP contribution in [0.4, 0.5) is 0 Å². The Labute approximate surface area is 127 Å². The monoisotopic (exact) mass is 293 g/mol. The predicted molar refractivity (Wildman–Crippen MR) is 86.7 cm³/mol. The number of aliphatic imine (C=N–C) groups is 1. The van der Waals surface area contributed by atoms with E-state index in [4.69, 9.17) is 15.2 Å². The minimum atomic E-state index is 0.526. The maximum absolute atomic E-state index is 5.73. The third-order valence-corrected chi connectivity index (χ3v) is 2.99. The summed E-state index contributed by atoms with van der Waals surface area (Å²) in [6.07, 6.45) is 3.13. The van der Waals surface area contributed by atoms with E-state index in [0.717, 1.165) is 37.1 Å². The molecule has 0 heterocycles. The number of nitrogens with one attached hydrogen (secondary N) is 1. The van der Waals surface area contributed by atoms with Crippen LogP contribution in [0.25, 0.3) is 0 Å². The Bertz CT molecular complexity index is 404. The Hall–Kier alpha value is -1.75. The van der Waals surface area contributed by atoms with Crippen molar-refractivity contribution in [2.24, 2.45) is 10.7 Å². The van der Waals surface area contributed by atoms with E-state index in [1.807, 2.05) is 24.3 Å². The summed E-state index contributed by atoms with van der Waals surface area (Å²) in [7, 11) is 1.66. The van der Waals surface area contributed by atoms with E-state index in [2.05, 4.69) is 17.2 Å². The lowest BCUT2D eigenvalue weighted by molar-refractivity contribution is 0.120. The van der Waals surface area contributed by atoms with Gasteiger partial charge in [0, 0.05) is 19.7 Å². The first kappa shape index (κ1) is 17.3. The van der Waals surface area contributed by atoms with Gasteiger partial charge in [-0.25, -0.2) is 0 Å². The Morgan fingerprint density at radius 3 is 2.67 bits per heavy atom. The van der Waals surface area contributed by atoms with Crippen LogP contribution in [0.2, 0.25) is 0 Å². The van der Waals surface area contributed by atoms with E-state index >= 15 is 0 Å². The van der Waals surface area contributed by atoms with Crippen molar-refractivity contribution >= 4 is 5.96 Å². The number of nitrogens with two attached hydrogens (primary N) is 1. The third-order valence-electron chi connectivity index (χ3n) is 2.99. The molecule has 0 fully saturated rings. The van der Waals surface area contributed by atoms with E-state index in [0.29, 0.717) is 25.7 Å². The van der Waals surface area contributed by atoms with Crippen molar-refractivity contribution in [1.82, 2.24) is 5.32 Å². The largest absolute Gasteiger partial charge is 0.497 e. The Kier molecular flexibility index (Phi) is 9.04. The fourth-order valence-corrected chi connectivity index (χ4v) is 1.73. The first-order valence-electron chi connectivity index (χ1n) is 7.50. The van der Waals surface area contributed by atoms with Crippen LogP contribution in [-0.2, 0) is 11.3 Å². The number of methoxy groups -OCH3 is 1. The lowest BCUT2D eigenvalue weighted by atomic mass is 10.2. The number of benzene rings is 1. The van der Waals surface area contributed by atoms with Gasteiger partial charge in [0.1, 0.15) is 5.75 Å². The van der Waals surface area contributed by atoms with Gasteiger partial charge in [0.2, 0.25) is 0 Å². The summed E-state index contributed by atoms with van der Waals surface area (Å²) < 4.78 is 10.7. The Morgan fingerprint density at radius 1 is 1.24 bits per heavy atom. The van der Waals surface area contributed by atoms with Gasteiger partial charge in [0.15, 0.2) is 5.96 Å². The van der Waals surface area contributed by atoms with E-state index < -0.39 is 0 Å². The molecule has 0 saturated carbocycles. The zero-order valence-corrected chi connectivity index (χ0v) is 13.1. The fourth-order valence-electron chi connectivity index (χ4n) is 1.73. The molecule has 0 radical (unpaired) electrons. The van der Waals surface area contributed by atoms with Crippen LogP contribution in [0, 0.1) is 0 Å². The Balaban J connectivity index is 2.07. The van der Waals surface area contributed by atoms with Crippen LogP contribution < -0.4 is 15.8 Å². The number of guanidine groups is 1. The van der Waals surface area contributed by atoms with Crippen LogP contribution in [0.5, 0.6) is 5.75 Å². The molecule has 0 saturated heterocycles. The molecule has 0 atom stereocenters. The molecule has 0 aliphatic rings. The van der Waals surface area contributed by atoms with Crippen molar-refractivity contribution in [3.8, 4) is 5.75 Å². The van der Waals surface area contributed by atoms with E-state index in [1.165, 1.54) is 0 Å². The van der Waals surface area contributed by atoms with Crippen LogP contribution in [0.15, 0.2) is 29.3 Å². The van der Waals surface area contributed by atoms with Gasteiger partial charge in [0.25, 0.3) is 0 Å². The first-order valence-corrected chi connectivity index (χ1v) is 7.50. The predicted octanol–water partition coefficient (Wildman–Crippen LogP) is 2.31. The SMILES string of the molecule is CCCCNC(N)=NCCCOCc1ccc(OC)cc1. The molecule has 5 heteroatoms. The zero-order valence-electron chi connectivity index (χ0n) is 13.1. The average Bonchev–Trinajstić information content (AvgIpc) is 2.51. The second-order valence-electron chi connectivity index (χ2n) is 4.80. The van der Waals surface area contributed by atoms with Gasteiger partial charge in [-0.2, -0.15) is 0 Å². The molecule has 0 aliphatic heterocycles. The smallest absolute Gasteiger partial charge is 0.188 e. The summed E-state index contributed by atoms with van der Waals surface area (Å²) in [6, 6.07) is 7.89. The molecule has 1 aromatic rings. The van der Waals surface area contributed by atoms with Crippen molar-refractivity contribution in [1.29, 1.82) is 0 Å². The molecular formula is C16H27N3O2. The number of unbranched alkanes of at least 4 members (excludes halogenated alkanes) is 1. The lowest BCUT2D eigenvalue weighted by Gasteiger charge is -2.06. The lowest BCUT2D eigenvalue weighted by Crippen LogP contribution is -2.32. The highest BCUT2D eigenvalue weighted by atomic mass is 16.5. The van der Waals surface area contributed by atoms with Gasteiger partial charge in [-0.3, -0.25) is 4.99 Å². The summed E-state index contributed by atoms with van der Waals surface area (Å²) >= 11 is 0. The second-order valence-corrected chi connectivity index (χ2v) is 4.80. The topological polar surface area (TPSA) is 68.9 Å². The minimum Gasteiger partial charge on any atom is -0.497 e. The molecular weight excluding hydrogens is 266 g/mol. The fraction of sp³-hybridized carbons (Fsp3) is 0.562. The highest BCUT2D eigenvalue weighted by Crippen LogP contribution is 2.11. The van der Waals surface area contributed by atoms with Gasteiger partial charge in [-0.15, -0.1) is 0 Å².